The molecular weight excluding hydrogens is 342 g/mol. The third-order valence-corrected chi connectivity index (χ3v) is 4.06. The van der Waals surface area contributed by atoms with Gasteiger partial charge in [0.15, 0.2) is 0 Å². The van der Waals surface area contributed by atoms with E-state index in [0.717, 1.165) is 37.8 Å². The first-order chi connectivity index (χ1) is 10.9. The summed E-state index contributed by atoms with van der Waals surface area (Å²) in [4.78, 5) is 12.6. The Bertz CT molecular complexity index is 681. The molecule has 1 aromatic carbocycles. The monoisotopic (exact) mass is 363 g/mol. The van der Waals surface area contributed by atoms with Crippen LogP contribution in [0.25, 0.3) is 0 Å². The molecule has 0 bridgehead atoms. The number of hydrogen-bond donors (Lipinski definition) is 1. The maximum absolute atomic E-state index is 11.0. The number of phenols is 1. The lowest BCUT2D eigenvalue weighted by atomic mass is 10.2. The highest BCUT2D eigenvalue weighted by Crippen LogP contribution is 2.32. The number of piperazine rings is 1. The van der Waals surface area contributed by atoms with Gasteiger partial charge < -0.3 is 19.0 Å². The molecular formula is C13H21N3O7S. The number of rotatable bonds is 3. The Hall–Kier alpha value is -1.95. The molecule has 0 saturated carbocycles. The van der Waals surface area contributed by atoms with Gasteiger partial charge in [-0.25, -0.2) is 8.42 Å². The Balaban J connectivity index is 0.000000413. The number of benzene rings is 1. The number of aromatic hydroxyl groups is 1. The Morgan fingerprint density at radius 1 is 1.29 bits per heavy atom. The largest absolute Gasteiger partial charge is 0.726 e. The van der Waals surface area contributed by atoms with Gasteiger partial charge in [-0.2, -0.15) is 0 Å². The van der Waals surface area contributed by atoms with E-state index in [0.29, 0.717) is 5.69 Å². The molecule has 1 heterocycles. The lowest BCUT2D eigenvalue weighted by Crippen LogP contribution is -2.54. The van der Waals surface area contributed by atoms with Gasteiger partial charge >= 0.3 is 0 Å². The standard InChI is InChI=1S/C12H17N3O3.CH4O4S/c1-15(2)7-5-13(6-8-15)12-9-10(16)3-4-11(12)14(17)18;1-5-6(2,3)4/h3-4,9H,5-8H2,1-2H3;1H3,(H,2,3,4). The van der Waals surface area contributed by atoms with Crippen molar-refractivity contribution < 1.29 is 31.7 Å². The van der Waals surface area contributed by atoms with Gasteiger partial charge in [0, 0.05) is 12.1 Å². The van der Waals surface area contributed by atoms with Crippen LogP contribution in [0.4, 0.5) is 11.4 Å². The van der Waals surface area contributed by atoms with Crippen LogP contribution in [0.3, 0.4) is 0 Å². The first kappa shape index (κ1) is 20.1. The third kappa shape index (κ3) is 6.28. The predicted molar refractivity (Wildman–Crippen MR) is 85.5 cm³/mol. The van der Waals surface area contributed by atoms with Gasteiger partial charge in [-0.1, -0.05) is 0 Å². The van der Waals surface area contributed by atoms with E-state index >= 15 is 0 Å². The molecule has 1 aliphatic heterocycles. The number of hydrogen-bond acceptors (Lipinski definition) is 8. The average Bonchev–Trinajstić information content (AvgIpc) is 2.46. The number of nitro groups is 1. The molecule has 11 heteroatoms. The zero-order chi connectivity index (χ0) is 18.5. The normalized spacial score (nSPS) is 16.9. The van der Waals surface area contributed by atoms with Crippen LogP contribution in [-0.4, -0.2) is 74.9 Å². The van der Waals surface area contributed by atoms with Crippen molar-refractivity contribution in [3.05, 3.63) is 28.3 Å². The van der Waals surface area contributed by atoms with Crippen LogP contribution in [0.5, 0.6) is 5.75 Å². The first-order valence-corrected chi connectivity index (χ1v) is 8.34. The van der Waals surface area contributed by atoms with Crippen molar-refractivity contribution in [2.24, 2.45) is 0 Å². The molecule has 0 amide bonds. The lowest BCUT2D eigenvalue weighted by Gasteiger charge is -2.39. The molecule has 0 spiro atoms. The maximum Gasteiger partial charge on any atom is 0.292 e. The van der Waals surface area contributed by atoms with E-state index in [1.165, 1.54) is 18.2 Å². The smallest absolute Gasteiger partial charge is 0.292 e. The van der Waals surface area contributed by atoms with Crippen molar-refractivity contribution >= 4 is 21.8 Å². The molecule has 136 valence electrons. The fourth-order valence-corrected chi connectivity index (χ4v) is 2.17. The van der Waals surface area contributed by atoms with E-state index in [9.17, 15) is 28.2 Å². The van der Waals surface area contributed by atoms with Crippen LogP contribution < -0.4 is 4.90 Å². The van der Waals surface area contributed by atoms with Gasteiger partial charge in [0.25, 0.3) is 5.69 Å². The minimum Gasteiger partial charge on any atom is -0.726 e. The number of quaternary nitrogens is 1. The van der Waals surface area contributed by atoms with Crippen LogP contribution in [0.15, 0.2) is 18.2 Å². The zero-order valence-electron chi connectivity index (χ0n) is 13.7. The highest BCUT2D eigenvalue weighted by Gasteiger charge is 2.28. The fourth-order valence-electron chi connectivity index (χ4n) is 2.17. The summed E-state index contributed by atoms with van der Waals surface area (Å²) in [7, 11) is 0.690. The topological polar surface area (TPSA) is 133 Å². The van der Waals surface area contributed by atoms with E-state index in [1.807, 2.05) is 4.90 Å². The van der Waals surface area contributed by atoms with E-state index in [2.05, 4.69) is 18.3 Å². The van der Waals surface area contributed by atoms with Crippen molar-refractivity contribution in [3.8, 4) is 5.75 Å². The molecule has 24 heavy (non-hydrogen) atoms. The molecule has 1 saturated heterocycles. The SMILES string of the molecule is COS(=O)(=O)[O-].C[N+]1(C)CCN(c2cc(O)ccc2[N+](=O)[O-])CC1. The molecule has 0 radical (unpaired) electrons. The second-order valence-electron chi connectivity index (χ2n) is 5.88. The molecule has 1 N–H and O–H groups in total. The van der Waals surface area contributed by atoms with Crippen LogP contribution in [-0.2, 0) is 14.6 Å². The molecule has 2 rings (SSSR count). The van der Waals surface area contributed by atoms with E-state index in [1.54, 1.807) is 0 Å². The minimum absolute atomic E-state index is 0.0556. The molecule has 0 aromatic heterocycles. The van der Waals surface area contributed by atoms with Crippen LogP contribution in [0, 0.1) is 10.1 Å². The second kappa shape index (κ2) is 7.75. The van der Waals surface area contributed by atoms with Crippen LogP contribution >= 0.6 is 0 Å². The first-order valence-electron chi connectivity index (χ1n) is 7.01. The summed E-state index contributed by atoms with van der Waals surface area (Å²) in [6.45, 7) is 3.40. The van der Waals surface area contributed by atoms with E-state index in [4.69, 9.17) is 0 Å². The Labute approximate surface area is 140 Å². The Kier molecular flexibility index (Phi) is 6.49. The van der Waals surface area contributed by atoms with Gasteiger partial charge in [0.05, 0.1) is 52.3 Å². The van der Waals surface area contributed by atoms with E-state index < -0.39 is 15.3 Å². The van der Waals surface area contributed by atoms with Gasteiger partial charge in [-0.3, -0.25) is 14.3 Å². The summed E-state index contributed by atoms with van der Waals surface area (Å²) in [5.41, 5.74) is 0.569. The van der Waals surface area contributed by atoms with Gasteiger partial charge in [0.1, 0.15) is 11.4 Å². The molecule has 1 aliphatic rings. The Morgan fingerprint density at radius 3 is 2.21 bits per heavy atom. The number of anilines is 1. The summed E-state index contributed by atoms with van der Waals surface area (Å²) in [5, 5.41) is 20.5. The predicted octanol–water partition coefficient (Wildman–Crippen LogP) is 0.290. The maximum atomic E-state index is 11.0. The number of nitro benzene ring substituents is 1. The summed E-state index contributed by atoms with van der Waals surface area (Å²) in [6, 6.07) is 4.19. The summed E-state index contributed by atoms with van der Waals surface area (Å²) in [6.07, 6.45) is 0. The molecule has 1 aromatic rings. The zero-order valence-corrected chi connectivity index (χ0v) is 14.5. The molecule has 1 fully saturated rings. The van der Waals surface area contributed by atoms with Gasteiger partial charge in [0.2, 0.25) is 10.4 Å². The average molecular weight is 363 g/mol. The van der Waals surface area contributed by atoms with Crippen molar-refractivity contribution in [1.82, 2.24) is 0 Å². The van der Waals surface area contributed by atoms with Crippen molar-refractivity contribution in [1.29, 1.82) is 0 Å². The third-order valence-electron chi connectivity index (χ3n) is 3.65. The van der Waals surface area contributed by atoms with E-state index in [-0.39, 0.29) is 11.4 Å². The minimum atomic E-state index is -4.41. The molecule has 0 aliphatic carbocycles. The van der Waals surface area contributed by atoms with Gasteiger partial charge in [-0.15, -0.1) is 0 Å². The highest BCUT2D eigenvalue weighted by atomic mass is 32.3. The second-order valence-corrected chi connectivity index (χ2v) is 7.02. The molecule has 0 unspecified atom stereocenters. The Morgan fingerprint density at radius 2 is 1.79 bits per heavy atom. The quantitative estimate of drug-likeness (QED) is 0.266. The van der Waals surface area contributed by atoms with Gasteiger partial charge in [-0.05, 0) is 6.07 Å². The number of phenolic OH excluding ortho intramolecular Hbond substituents is 1. The molecule has 0 atom stereocenters. The summed E-state index contributed by atoms with van der Waals surface area (Å²) in [5.74, 6) is 0.0647. The number of likely N-dealkylation sites (N-methyl/N-ethyl adjacent to an activating group) is 1. The van der Waals surface area contributed by atoms with Crippen LogP contribution in [0.2, 0.25) is 0 Å². The molecule has 10 nitrogen and oxygen atoms in total. The number of nitrogens with zero attached hydrogens (tertiary/aromatic N) is 3. The van der Waals surface area contributed by atoms with Crippen molar-refractivity contribution in [3.63, 3.8) is 0 Å². The highest BCUT2D eigenvalue weighted by molar-refractivity contribution is 7.80. The summed E-state index contributed by atoms with van der Waals surface area (Å²) >= 11 is 0. The lowest BCUT2D eigenvalue weighted by molar-refractivity contribution is -0.890. The van der Waals surface area contributed by atoms with Crippen molar-refractivity contribution in [2.75, 3.05) is 52.3 Å². The van der Waals surface area contributed by atoms with Crippen molar-refractivity contribution in [2.45, 2.75) is 0 Å². The summed E-state index contributed by atoms with van der Waals surface area (Å²) < 4.78 is 31.9. The van der Waals surface area contributed by atoms with Crippen LogP contribution in [0.1, 0.15) is 0 Å². The fraction of sp³-hybridized carbons (Fsp3) is 0.538.